The van der Waals surface area contributed by atoms with Crippen LogP contribution in [0.2, 0.25) is 0 Å². The minimum absolute atomic E-state index is 0.0565. The van der Waals surface area contributed by atoms with Gasteiger partial charge in [-0.15, -0.1) is 5.10 Å². The number of amides is 2. The Morgan fingerprint density at radius 2 is 1.56 bits per heavy atom. The van der Waals surface area contributed by atoms with Crippen molar-refractivity contribution in [2.45, 2.75) is 85.4 Å². The van der Waals surface area contributed by atoms with E-state index >= 15 is 0 Å². The van der Waals surface area contributed by atoms with Crippen LogP contribution in [0.4, 0.5) is 5.69 Å². The van der Waals surface area contributed by atoms with Crippen LogP contribution in [-0.4, -0.2) is 78.2 Å². The molecule has 2 heterocycles. The fraction of sp³-hybridized carbons (Fsp3) is 0.541. The number of para-hydroxylation sites is 1. The van der Waals surface area contributed by atoms with Crippen LogP contribution >= 0.6 is 0 Å². The van der Waals surface area contributed by atoms with Crippen LogP contribution in [0, 0.1) is 5.92 Å². The van der Waals surface area contributed by atoms with Crippen LogP contribution in [0.15, 0.2) is 48.5 Å². The van der Waals surface area contributed by atoms with Crippen LogP contribution in [0.25, 0.3) is 22.5 Å². The van der Waals surface area contributed by atoms with Gasteiger partial charge < -0.3 is 25.0 Å². The number of fused-ring (bicyclic) bond motifs is 5. The van der Waals surface area contributed by atoms with E-state index in [9.17, 15) is 14.4 Å². The molecule has 0 radical (unpaired) electrons. The predicted molar refractivity (Wildman–Crippen MR) is 187 cm³/mol. The molecule has 2 aromatic carbocycles. The molecule has 11 nitrogen and oxygen atoms in total. The Bertz CT molecular complexity index is 1490. The van der Waals surface area contributed by atoms with Gasteiger partial charge in [-0.2, -0.15) is 0 Å². The van der Waals surface area contributed by atoms with E-state index < -0.39 is 0 Å². The molecule has 0 fully saturated rings. The summed E-state index contributed by atoms with van der Waals surface area (Å²) in [6.07, 6.45) is 2.73. The maximum absolute atomic E-state index is 13.8. The second kappa shape index (κ2) is 19.2. The Morgan fingerprint density at radius 1 is 0.833 bits per heavy atom. The minimum Gasteiger partial charge on any atom is -0.380 e. The molecule has 1 aliphatic heterocycles. The first-order chi connectivity index (χ1) is 23.2. The lowest BCUT2D eigenvalue weighted by molar-refractivity contribution is -0.125. The number of ketones is 1. The highest BCUT2D eigenvalue weighted by atomic mass is 16.5. The molecule has 11 heteroatoms. The molecule has 0 bridgehead atoms. The molecule has 1 aromatic heterocycles. The number of ether oxygens (including phenoxy) is 2. The SMILES string of the molecule is CC(C)CCC(=O)CCOCCNC(=O)CCC(=O)N1Cc2ccccc2-c2nnn(CCCOCCNC(C)C)c2-c2ccccc21. The lowest BCUT2D eigenvalue weighted by Gasteiger charge is -2.28. The predicted octanol–water partition coefficient (Wildman–Crippen LogP) is 5.17. The minimum atomic E-state index is -0.215. The van der Waals surface area contributed by atoms with Crippen molar-refractivity contribution in [3.05, 3.63) is 54.1 Å². The lowest BCUT2D eigenvalue weighted by atomic mass is 9.95. The van der Waals surface area contributed by atoms with Crippen LogP contribution in [0.5, 0.6) is 0 Å². The van der Waals surface area contributed by atoms with E-state index in [0.717, 1.165) is 53.2 Å². The van der Waals surface area contributed by atoms with E-state index in [-0.39, 0.29) is 30.4 Å². The third kappa shape index (κ3) is 11.1. The average Bonchev–Trinajstić information content (AvgIpc) is 3.48. The number of rotatable bonds is 20. The van der Waals surface area contributed by atoms with Gasteiger partial charge in [0, 0.05) is 69.1 Å². The normalized spacial score (nSPS) is 12.3. The molecule has 2 amide bonds. The number of Topliss-reactive ketones (excluding diaryl/α,β-unsaturated/α-hetero) is 1. The monoisotopic (exact) mass is 660 g/mol. The quantitative estimate of drug-likeness (QED) is 0.159. The molecular weight excluding hydrogens is 608 g/mol. The van der Waals surface area contributed by atoms with Gasteiger partial charge in [0.1, 0.15) is 11.5 Å². The standard InChI is InChI=1S/C37H52N6O5/c1-27(2)14-15-30(44)18-23-48-25-20-39-34(45)16-17-35(46)42-26-29-10-5-6-11-31(29)36-37(32-12-7-8-13-33(32)42)43(41-40-36)21-9-22-47-24-19-38-28(3)4/h5-8,10-13,27-28,38H,9,14-26H2,1-4H3,(H,39,45). The molecule has 48 heavy (non-hydrogen) atoms. The number of nitrogens with zero attached hydrogens (tertiary/aromatic N) is 4. The fourth-order valence-electron chi connectivity index (χ4n) is 5.60. The fourth-order valence-corrected chi connectivity index (χ4v) is 5.60. The summed E-state index contributed by atoms with van der Waals surface area (Å²) in [5.74, 6) is 0.346. The lowest BCUT2D eigenvalue weighted by Crippen LogP contribution is -2.34. The van der Waals surface area contributed by atoms with Crippen molar-refractivity contribution < 1.29 is 23.9 Å². The summed E-state index contributed by atoms with van der Waals surface area (Å²) >= 11 is 0. The first-order valence-electron chi connectivity index (χ1n) is 17.3. The van der Waals surface area contributed by atoms with Crippen molar-refractivity contribution in [3.63, 3.8) is 0 Å². The zero-order valence-corrected chi connectivity index (χ0v) is 29.0. The average molecular weight is 661 g/mol. The van der Waals surface area contributed by atoms with Gasteiger partial charge in [0.25, 0.3) is 0 Å². The van der Waals surface area contributed by atoms with Gasteiger partial charge in [0.05, 0.1) is 37.7 Å². The second-order valence-electron chi connectivity index (χ2n) is 12.9. The topological polar surface area (TPSA) is 128 Å². The highest BCUT2D eigenvalue weighted by molar-refractivity contribution is 6.01. The summed E-state index contributed by atoms with van der Waals surface area (Å²) in [5.41, 5.74) is 5.16. The third-order valence-corrected chi connectivity index (χ3v) is 8.20. The summed E-state index contributed by atoms with van der Waals surface area (Å²) in [6.45, 7) is 12.4. The van der Waals surface area contributed by atoms with Gasteiger partial charge in [-0.25, -0.2) is 4.68 Å². The molecule has 0 saturated heterocycles. The van der Waals surface area contributed by atoms with E-state index in [1.807, 2.05) is 53.2 Å². The smallest absolute Gasteiger partial charge is 0.227 e. The van der Waals surface area contributed by atoms with Gasteiger partial charge in [-0.1, -0.05) is 75.4 Å². The molecule has 3 aromatic rings. The molecule has 0 spiro atoms. The summed E-state index contributed by atoms with van der Waals surface area (Å²) in [5, 5.41) is 15.4. The zero-order valence-electron chi connectivity index (χ0n) is 29.0. The number of nitrogens with one attached hydrogen (secondary N) is 2. The van der Waals surface area contributed by atoms with Crippen molar-refractivity contribution in [2.24, 2.45) is 5.92 Å². The summed E-state index contributed by atoms with van der Waals surface area (Å²) < 4.78 is 13.3. The van der Waals surface area contributed by atoms with E-state index in [0.29, 0.717) is 70.9 Å². The van der Waals surface area contributed by atoms with Gasteiger partial charge in [0.2, 0.25) is 11.8 Å². The molecular formula is C37H52N6O5. The third-order valence-electron chi connectivity index (χ3n) is 8.20. The van der Waals surface area contributed by atoms with Gasteiger partial charge in [0.15, 0.2) is 0 Å². The Hall–Kier alpha value is -3.93. The first-order valence-corrected chi connectivity index (χ1v) is 17.3. The van der Waals surface area contributed by atoms with Crippen molar-refractivity contribution >= 4 is 23.3 Å². The number of aryl methyl sites for hydroxylation is 1. The number of carbonyl (C=O) groups excluding carboxylic acids is 3. The van der Waals surface area contributed by atoms with Crippen LogP contribution in [-0.2, 0) is 36.9 Å². The molecule has 2 N–H and O–H groups in total. The van der Waals surface area contributed by atoms with Crippen molar-refractivity contribution in [1.29, 1.82) is 0 Å². The number of hydrogen-bond donors (Lipinski definition) is 2. The Labute approximate surface area is 284 Å². The molecule has 1 aliphatic rings. The van der Waals surface area contributed by atoms with Crippen molar-refractivity contribution in [3.8, 4) is 22.5 Å². The molecule has 260 valence electrons. The Kier molecular flexibility index (Phi) is 14.7. The van der Waals surface area contributed by atoms with Crippen LogP contribution in [0.1, 0.15) is 71.8 Å². The van der Waals surface area contributed by atoms with Crippen molar-refractivity contribution in [2.75, 3.05) is 44.4 Å². The summed E-state index contributed by atoms with van der Waals surface area (Å²) in [6, 6.07) is 16.2. The maximum atomic E-state index is 13.8. The number of anilines is 1. The second-order valence-corrected chi connectivity index (χ2v) is 12.9. The summed E-state index contributed by atoms with van der Waals surface area (Å²) in [7, 11) is 0. The number of aromatic nitrogens is 3. The molecule has 0 unspecified atom stereocenters. The summed E-state index contributed by atoms with van der Waals surface area (Å²) in [4.78, 5) is 40.2. The van der Waals surface area contributed by atoms with Gasteiger partial charge >= 0.3 is 0 Å². The van der Waals surface area contributed by atoms with Gasteiger partial charge in [-0.3, -0.25) is 14.4 Å². The Morgan fingerprint density at radius 3 is 2.35 bits per heavy atom. The Balaban J connectivity index is 1.37. The number of carbonyl (C=O) groups is 3. The van der Waals surface area contributed by atoms with Crippen molar-refractivity contribution in [1.82, 2.24) is 25.6 Å². The molecule has 0 saturated carbocycles. The van der Waals surface area contributed by atoms with E-state index in [2.05, 4.69) is 48.6 Å². The van der Waals surface area contributed by atoms with Crippen LogP contribution in [0.3, 0.4) is 0 Å². The highest BCUT2D eigenvalue weighted by Crippen LogP contribution is 2.41. The zero-order chi connectivity index (χ0) is 34.3. The van der Waals surface area contributed by atoms with Gasteiger partial charge in [-0.05, 0) is 30.4 Å². The highest BCUT2D eigenvalue weighted by Gasteiger charge is 2.29. The molecule has 0 aliphatic carbocycles. The van der Waals surface area contributed by atoms with E-state index in [1.54, 1.807) is 4.90 Å². The first kappa shape index (κ1) is 36.9. The maximum Gasteiger partial charge on any atom is 0.227 e. The number of hydrogen-bond acceptors (Lipinski definition) is 8. The largest absolute Gasteiger partial charge is 0.380 e. The van der Waals surface area contributed by atoms with Crippen LogP contribution < -0.4 is 15.5 Å². The van der Waals surface area contributed by atoms with E-state index in [4.69, 9.17) is 9.47 Å². The van der Waals surface area contributed by atoms with E-state index in [1.165, 1.54) is 0 Å². The number of benzene rings is 2. The molecule has 4 rings (SSSR count). The molecule has 0 atom stereocenters.